The number of rotatable bonds is 8. The van der Waals surface area contributed by atoms with Crippen LogP contribution >= 0.6 is 11.8 Å². The molecule has 0 bridgehead atoms. The van der Waals surface area contributed by atoms with Crippen molar-refractivity contribution in [3.8, 4) is 0 Å². The Morgan fingerprint density at radius 2 is 2.08 bits per heavy atom. The lowest BCUT2D eigenvalue weighted by atomic mass is 9.99. The SMILES string of the molecule is Cn1cc(Cn2nnnc2Sc2ccc([N+](=O)[O-])cc2C(=O)Nc2ncc(C3CCCC3)cc2F)cn1. The molecule has 14 heteroatoms. The van der Waals surface area contributed by atoms with Gasteiger partial charge < -0.3 is 5.32 Å². The summed E-state index contributed by atoms with van der Waals surface area (Å²) in [5.41, 5.74) is 1.35. The number of tetrazole rings is 1. The average molecular weight is 524 g/mol. The first-order valence-electron chi connectivity index (χ1n) is 11.5. The second kappa shape index (κ2) is 10.4. The molecule has 0 atom stereocenters. The van der Waals surface area contributed by atoms with Gasteiger partial charge in [-0.05, 0) is 58.6 Å². The smallest absolute Gasteiger partial charge is 0.270 e. The summed E-state index contributed by atoms with van der Waals surface area (Å²) in [6.07, 6.45) is 9.25. The first-order chi connectivity index (χ1) is 17.9. The van der Waals surface area contributed by atoms with Crippen LogP contribution < -0.4 is 5.32 Å². The highest BCUT2D eigenvalue weighted by Crippen LogP contribution is 2.35. The number of carbonyl (C=O) groups is 1. The molecule has 37 heavy (non-hydrogen) atoms. The van der Waals surface area contributed by atoms with E-state index in [0.717, 1.165) is 54.6 Å². The van der Waals surface area contributed by atoms with E-state index in [1.165, 1.54) is 22.9 Å². The summed E-state index contributed by atoms with van der Waals surface area (Å²) >= 11 is 1.06. The van der Waals surface area contributed by atoms with Crippen molar-refractivity contribution in [2.45, 2.75) is 48.2 Å². The third-order valence-corrected chi connectivity index (χ3v) is 7.18. The van der Waals surface area contributed by atoms with Crippen LogP contribution in [0.15, 0.2) is 52.9 Å². The molecule has 1 amide bonds. The molecule has 0 unspecified atom stereocenters. The van der Waals surface area contributed by atoms with Gasteiger partial charge >= 0.3 is 0 Å². The van der Waals surface area contributed by atoms with Crippen molar-refractivity contribution in [1.29, 1.82) is 0 Å². The number of hydrogen-bond acceptors (Lipinski definition) is 9. The van der Waals surface area contributed by atoms with Crippen molar-refractivity contribution in [1.82, 2.24) is 35.0 Å². The first-order valence-corrected chi connectivity index (χ1v) is 12.4. The Labute approximate surface area is 214 Å². The van der Waals surface area contributed by atoms with Crippen molar-refractivity contribution in [3.05, 3.63) is 75.5 Å². The number of non-ortho nitro benzene ring substituents is 1. The molecular formula is C23H22FN9O3S. The van der Waals surface area contributed by atoms with Gasteiger partial charge in [-0.25, -0.2) is 14.1 Å². The van der Waals surface area contributed by atoms with Gasteiger partial charge in [-0.3, -0.25) is 19.6 Å². The Balaban J connectivity index is 1.40. The van der Waals surface area contributed by atoms with E-state index in [2.05, 4.69) is 30.9 Å². The van der Waals surface area contributed by atoms with Crippen LogP contribution in [0.25, 0.3) is 0 Å². The number of nitro benzene ring substituents is 1. The van der Waals surface area contributed by atoms with Crippen LogP contribution in [-0.4, -0.2) is 45.8 Å². The number of aromatic nitrogens is 7. The molecular weight excluding hydrogens is 501 g/mol. The van der Waals surface area contributed by atoms with Gasteiger partial charge in [-0.15, -0.1) is 5.10 Å². The van der Waals surface area contributed by atoms with E-state index in [1.807, 2.05) is 6.20 Å². The number of nitrogens with zero attached hydrogens (tertiary/aromatic N) is 8. The number of benzene rings is 1. The highest BCUT2D eigenvalue weighted by molar-refractivity contribution is 7.99. The monoisotopic (exact) mass is 523 g/mol. The number of pyridine rings is 1. The molecule has 0 saturated heterocycles. The Morgan fingerprint density at radius 3 is 2.78 bits per heavy atom. The van der Waals surface area contributed by atoms with Gasteiger partial charge in [0.15, 0.2) is 11.6 Å². The first kappa shape index (κ1) is 24.5. The number of aryl methyl sites for hydroxylation is 1. The maximum atomic E-state index is 14.8. The molecule has 0 spiro atoms. The summed E-state index contributed by atoms with van der Waals surface area (Å²) in [7, 11) is 1.79. The molecule has 5 rings (SSSR count). The normalized spacial score (nSPS) is 13.7. The fraction of sp³-hybridized carbons (Fsp3) is 0.304. The fourth-order valence-electron chi connectivity index (χ4n) is 4.29. The molecule has 1 saturated carbocycles. The number of carbonyl (C=O) groups excluding carboxylic acids is 1. The van der Waals surface area contributed by atoms with E-state index in [-0.39, 0.29) is 23.0 Å². The topological polar surface area (TPSA) is 147 Å². The second-order valence-electron chi connectivity index (χ2n) is 8.72. The summed E-state index contributed by atoms with van der Waals surface area (Å²) < 4.78 is 18.0. The van der Waals surface area contributed by atoms with Crippen molar-refractivity contribution >= 4 is 29.2 Å². The second-order valence-corrected chi connectivity index (χ2v) is 9.72. The zero-order valence-corrected chi connectivity index (χ0v) is 20.6. The highest BCUT2D eigenvalue weighted by atomic mass is 32.2. The summed E-state index contributed by atoms with van der Waals surface area (Å²) in [5.74, 6) is -1.37. The van der Waals surface area contributed by atoms with E-state index < -0.39 is 16.6 Å². The quantitative estimate of drug-likeness (QED) is 0.268. The van der Waals surface area contributed by atoms with Gasteiger partial charge in [-0.1, -0.05) is 12.8 Å². The summed E-state index contributed by atoms with van der Waals surface area (Å²) in [6, 6.07) is 5.25. The predicted octanol–water partition coefficient (Wildman–Crippen LogP) is 3.96. The lowest BCUT2D eigenvalue weighted by Gasteiger charge is -2.12. The van der Waals surface area contributed by atoms with Crippen molar-refractivity contribution in [2.75, 3.05) is 5.32 Å². The molecule has 0 aliphatic heterocycles. The van der Waals surface area contributed by atoms with Gasteiger partial charge in [0.05, 0.1) is 23.2 Å². The van der Waals surface area contributed by atoms with E-state index in [4.69, 9.17) is 0 Å². The lowest BCUT2D eigenvalue weighted by Crippen LogP contribution is -2.16. The van der Waals surface area contributed by atoms with Gasteiger partial charge in [0.2, 0.25) is 5.16 Å². The number of nitrogens with one attached hydrogen (secondary N) is 1. The van der Waals surface area contributed by atoms with Gasteiger partial charge in [0.1, 0.15) is 0 Å². The lowest BCUT2D eigenvalue weighted by molar-refractivity contribution is -0.384. The summed E-state index contributed by atoms with van der Waals surface area (Å²) in [5, 5.41) is 30.0. The highest BCUT2D eigenvalue weighted by Gasteiger charge is 2.23. The molecule has 1 aromatic carbocycles. The predicted molar refractivity (Wildman–Crippen MR) is 131 cm³/mol. The Bertz CT molecular complexity index is 1470. The minimum Gasteiger partial charge on any atom is -0.304 e. The number of anilines is 1. The van der Waals surface area contributed by atoms with Gasteiger partial charge in [-0.2, -0.15) is 5.10 Å². The van der Waals surface area contributed by atoms with Crippen LogP contribution in [-0.2, 0) is 13.6 Å². The molecule has 3 aromatic heterocycles. The Hall–Kier alpha value is -4.20. The number of hydrogen-bond donors (Lipinski definition) is 1. The molecule has 12 nitrogen and oxygen atoms in total. The number of amides is 1. The Kier molecular flexibility index (Phi) is 6.90. The third kappa shape index (κ3) is 5.48. The van der Waals surface area contributed by atoms with Crippen LogP contribution in [0.1, 0.15) is 53.1 Å². The standard InChI is InChI=1S/C23H22FN9O3S/c1-31-12-14(10-26-31)13-32-23(28-29-30-32)37-20-7-6-17(33(35)36)9-18(20)22(34)27-21-19(24)8-16(11-25-21)15-4-2-3-5-15/h6-12,15H,2-5,13H2,1H3,(H,25,27,34). The summed E-state index contributed by atoms with van der Waals surface area (Å²) in [6.45, 7) is 0.333. The molecule has 0 radical (unpaired) electrons. The fourth-order valence-corrected chi connectivity index (χ4v) is 5.17. The van der Waals surface area contributed by atoms with Crippen LogP contribution in [0.5, 0.6) is 0 Å². The van der Waals surface area contributed by atoms with Crippen molar-refractivity contribution < 1.29 is 14.1 Å². The molecule has 4 aromatic rings. The average Bonchev–Trinajstić information content (AvgIpc) is 3.64. The Morgan fingerprint density at radius 1 is 1.27 bits per heavy atom. The maximum absolute atomic E-state index is 14.8. The number of nitro groups is 1. The van der Waals surface area contributed by atoms with Crippen LogP contribution in [0, 0.1) is 15.9 Å². The van der Waals surface area contributed by atoms with Gasteiger partial charge in [0, 0.05) is 42.0 Å². The van der Waals surface area contributed by atoms with Crippen LogP contribution in [0.3, 0.4) is 0 Å². The van der Waals surface area contributed by atoms with Crippen LogP contribution in [0.4, 0.5) is 15.9 Å². The largest absolute Gasteiger partial charge is 0.304 e. The molecule has 1 fully saturated rings. The summed E-state index contributed by atoms with van der Waals surface area (Å²) in [4.78, 5) is 28.4. The maximum Gasteiger partial charge on any atom is 0.270 e. The molecule has 1 aliphatic carbocycles. The van der Waals surface area contributed by atoms with Crippen molar-refractivity contribution in [2.24, 2.45) is 7.05 Å². The minimum atomic E-state index is -0.738. The number of halogens is 1. The van der Waals surface area contributed by atoms with E-state index in [9.17, 15) is 19.3 Å². The van der Waals surface area contributed by atoms with Crippen molar-refractivity contribution in [3.63, 3.8) is 0 Å². The minimum absolute atomic E-state index is 0.0313. The molecule has 1 N–H and O–H groups in total. The zero-order valence-electron chi connectivity index (χ0n) is 19.7. The molecule has 1 aliphatic rings. The van der Waals surface area contributed by atoms with E-state index in [1.54, 1.807) is 24.1 Å². The molecule has 190 valence electrons. The van der Waals surface area contributed by atoms with Crippen LogP contribution in [0.2, 0.25) is 0 Å². The third-order valence-electron chi connectivity index (χ3n) is 6.13. The van der Waals surface area contributed by atoms with E-state index in [0.29, 0.717) is 16.6 Å². The van der Waals surface area contributed by atoms with Gasteiger partial charge in [0.25, 0.3) is 11.6 Å². The zero-order chi connectivity index (χ0) is 25.9. The van der Waals surface area contributed by atoms with E-state index >= 15 is 0 Å². The molecule has 3 heterocycles.